The van der Waals surface area contributed by atoms with E-state index in [-0.39, 0.29) is 11.8 Å². The predicted octanol–water partition coefficient (Wildman–Crippen LogP) is 4.56. The van der Waals surface area contributed by atoms with Gasteiger partial charge >= 0.3 is 0 Å². The zero-order valence-electron chi connectivity index (χ0n) is 13.0. The van der Waals surface area contributed by atoms with Crippen molar-refractivity contribution < 1.29 is 4.79 Å². The number of carbonyl (C=O) groups excluding carboxylic acids is 1. The van der Waals surface area contributed by atoms with Gasteiger partial charge < -0.3 is 5.32 Å². The van der Waals surface area contributed by atoms with E-state index in [1.54, 1.807) is 11.3 Å². The summed E-state index contributed by atoms with van der Waals surface area (Å²) in [5, 5.41) is 3.78. The number of benzene rings is 1. The van der Waals surface area contributed by atoms with Crippen molar-refractivity contribution in [3.05, 3.63) is 46.5 Å². The summed E-state index contributed by atoms with van der Waals surface area (Å²) in [5.41, 5.74) is 2.30. The van der Waals surface area contributed by atoms with Crippen molar-refractivity contribution in [3.63, 3.8) is 0 Å². The van der Waals surface area contributed by atoms with E-state index in [0.29, 0.717) is 0 Å². The molecule has 1 saturated carbocycles. The van der Waals surface area contributed by atoms with Gasteiger partial charge in [0.1, 0.15) is 0 Å². The van der Waals surface area contributed by atoms with E-state index in [9.17, 15) is 4.79 Å². The van der Waals surface area contributed by atoms with Gasteiger partial charge in [0.15, 0.2) is 5.13 Å². The molecule has 0 unspecified atom stereocenters. The fourth-order valence-electron chi connectivity index (χ4n) is 3.00. The molecule has 1 aliphatic rings. The lowest BCUT2D eigenvalue weighted by molar-refractivity contribution is -0.120. The average Bonchev–Trinajstić information content (AvgIpc) is 2.88. The number of anilines is 1. The Morgan fingerprint density at radius 2 is 1.95 bits per heavy atom. The first-order chi connectivity index (χ1) is 10.7. The van der Waals surface area contributed by atoms with Crippen molar-refractivity contribution in [1.82, 2.24) is 4.98 Å². The van der Waals surface area contributed by atoms with Crippen LogP contribution >= 0.6 is 11.3 Å². The molecular formula is C18H22N2OS. The minimum Gasteiger partial charge on any atom is -0.302 e. The van der Waals surface area contributed by atoms with Crippen LogP contribution < -0.4 is 5.32 Å². The van der Waals surface area contributed by atoms with Gasteiger partial charge in [0.2, 0.25) is 5.91 Å². The van der Waals surface area contributed by atoms with Crippen LogP contribution in [0.2, 0.25) is 0 Å². The van der Waals surface area contributed by atoms with Crippen molar-refractivity contribution in [2.45, 2.75) is 45.4 Å². The second kappa shape index (κ2) is 7.05. The van der Waals surface area contributed by atoms with Gasteiger partial charge in [-0.05, 0) is 25.3 Å². The molecule has 0 saturated heterocycles. The zero-order chi connectivity index (χ0) is 15.4. The summed E-state index contributed by atoms with van der Waals surface area (Å²) in [6.45, 7) is 2.02. The van der Waals surface area contributed by atoms with Gasteiger partial charge in [-0.1, -0.05) is 49.6 Å². The normalized spacial score (nSPS) is 15.7. The Morgan fingerprint density at radius 3 is 2.68 bits per heavy atom. The molecular weight excluding hydrogens is 292 g/mol. The van der Waals surface area contributed by atoms with E-state index in [1.807, 2.05) is 13.0 Å². The molecule has 1 fully saturated rings. The molecule has 0 aliphatic heterocycles. The summed E-state index contributed by atoms with van der Waals surface area (Å²) in [5.74, 6) is 0.329. The Bertz CT molecular complexity index is 630. The highest BCUT2D eigenvalue weighted by Crippen LogP contribution is 2.28. The second-order valence-corrected chi connectivity index (χ2v) is 7.10. The molecule has 1 aliphatic carbocycles. The summed E-state index contributed by atoms with van der Waals surface area (Å²) in [6, 6.07) is 10.4. The first kappa shape index (κ1) is 15.2. The molecule has 0 radical (unpaired) electrons. The lowest BCUT2D eigenvalue weighted by Crippen LogP contribution is -2.24. The molecule has 0 bridgehead atoms. The van der Waals surface area contributed by atoms with E-state index in [2.05, 4.69) is 34.6 Å². The number of nitrogens with zero attached hydrogens (tertiary/aromatic N) is 1. The molecule has 1 aromatic carbocycles. The van der Waals surface area contributed by atoms with Gasteiger partial charge in [-0.25, -0.2) is 4.98 Å². The topological polar surface area (TPSA) is 42.0 Å². The molecule has 116 valence electrons. The molecule has 3 rings (SSSR count). The maximum absolute atomic E-state index is 12.3. The summed E-state index contributed by atoms with van der Waals surface area (Å²) in [7, 11) is 0. The van der Waals surface area contributed by atoms with Gasteiger partial charge in [0.05, 0.1) is 5.69 Å². The van der Waals surface area contributed by atoms with Crippen LogP contribution in [0.5, 0.6) is 0 Å². The molecule has 2 aromatic rings. The van der Waals surface area contributed by atoms with Crippen molar-refractivity contribution in [2.24, 2.45) is 5.92 Å². The van der Waals surface area contributed by atoms with E-state index in [4.69, 9.17) is 0 Å². The summed E-state index contributed by atoms with van der Waals surface area (Å²) < 4.78 is 0. The van der Waals surface area contributed by atoms with E-state index < -0.39 is 0 Å². The highest BCUT2D eigenvalue weighted by atomic mass is 32.1. The average molecular weight is 314 g/mol. The zero-order valence-corrected chi connectivity index (χ0v) is 13.8. The highest BCUT2D eigenvalue weighted by Gasteiger charge is 2.22. The van der Waals surface area contributed by atoms with Crippen LogP contribution in [0.3, 0.4) is 0 Å². The Kier molecular flexibility index (Phi) is 4.88. The number of amides is 1. The molecule has 1 N–H and O–H groups in total. The highest BCUT2D eigenvalue weighted by molar-refractivity contribution is 7.15. The number of hydrogen-bond donors (Lipinski definition) is 1. The van der Waals surface area contributed by atoms with Crippen molar-refractivity contribution >= 4 is 22.4 Å². The lowest BCUT2D eigenvalue weighted by atomic mass is 9.89. The SMILES string of the molecule is Cc1nc(NC(=O)C2CCCCC2)sc1Cc1ccccc1. The van der Waals surface area contributed by atoms with Crippen LogP contribution in [0.1, 0.15) is 48.2 Å². The molecule has 1 amide bonds. The first-order valence-electron chi connectivity index (χ1n) is 8.03. The molecule has 22 heavy (non-hydrogen) atoms. The standard InChI is InChI=1S/C18H22N2OS/c1-13-16(12-14-8-4-2-5-9-14)22-18(19-13)20-17(21)15-10-6-3-7-11-15/h2,4-5,8-9,15H,3,6-7,10-12H2,1H3,(H,19,20,21). The maximum Gasteiger partial charge on any atom is 0.229 e. The predicted molar refractivity (Wildman–Crippen MR) is 91.3 cm³/mol. The smallest absolute Gasteiger partial charge is 0.229 e. The molecule has 1 aromatic heterocycles. The fraction of sp³-hybridized carbons (Fsp3) is 0.444. The summed E-state index contributed by atoms with van der Waals surface area (Å²) >= 11 is 1.60. The van der Waals surface area contributed by atoms with Crippen molar-refractivity contribution in [2.75, 3.05) is 5.32 Å². The largest absolute Gasteiger partial charge is 0.302 e. The Balaban J connectivity index is 1.65. The second-order valence-electron chi connectivity index (χ2n) is 6.01. The van der Waals surface area contributed by atoms with Gasteiger partial charge in [-0.3, -0.25) is 4.79 Å². The third-order valence-electron chi connectivity index (χ3n) is 4.31. The lowest BCUT2D eigenvalue weighted by Gasteiger charge is -2.19. The van der Waals surface area contributed by atoms with Crippen molar-refractivity contribution in [3.8, 4) is 0 Å². The number of carbonyl (C=O) groups is 1. The number of aromatic nitrogens is 1. The minimum absolute atomic E-state index is 0.153. The van der Waals surface area contributed by atoms with Crippen LogP contribution in [0.25, 0.3) is 0 Å². The molecule has 4 heteroatoms. The van der Waals surface area contributed by atoms with Crippen LogP contribution in [-0.2, 0) is 11.2 Å². The number of thiazole rings is 1. The fourth-order valence-corrected chi connectivity index (χ4v) is 4.00. The molecule has 3 nitrogen and oxygen atoms in total. The third kappa shape index (κ3) is 3.74. The van der Waals surface area contributed by atoms with E-state index in [0.717, 1.165) is 30.1 Å². The van der Waals surface area contributed by atoms with Gasteiger partial charge in [-0.15, -0.1) is 11.3 Å². The minimum atomic E-state index is 0.153. The Morgan fingerprint density at radius 1 is 1.23 bits per heavy atom. The number of nitrogens with one attached hydrogen (secondary N) is 1. The van der Waals surface area contributed by atoms with Crippen LogP contribution in [0.15, 0.2) is 30.3 Å². The number of rotatable bonds is 4. The summed E-state index contributed by atoms with van der Waals surface area (Å²) in [6.07, 6.45) is 6.54. The molecule has 0 atom stereocenters. The summed E-state index contributed by atoms with van der Waals surface area (Å²) in [4.78, 5) is 18.1. The number of aryl methyl sites for hydroxylation is 1. The molecule has 1 heterocycles. The van der Waals surface area contributed by atoms with Crippen LogP contribution in [-0.4, -0.2) is 10.9 Å². The maximum atomic E-state index is 12.3. The quantitative estimate of drug-likeness (QED) is 0.898. The van der Waals surface area contributed by atoms with Gasteiger partial charge in [0, 0.05) is 17.2 Å². The third-order valence-corrected chi connectivity index (χ3v) is 5.38. The Hall–Kier alpha value is -1.68. The Labute approximate surface area is 135 Å². The van der Waals surface area contributed by atoms with Gasteiger partial charge in [-0.2, -0.15) is 0 Å². The van der Waals surface area contributed by atoms with E-state index in [1.165, 1.54) is 29.7 Å². The van der Waals surface area contributed by atoms with Crippen LogP contribution in [0.4, 0.5) is 5.13 Å². The molecule has 0 spiro atoms. The first-order valence-corrected chi connectivity index (χ1v) is 8.85. The number of hydrogen-bond acceptors (Lipinski definition) is 3. The van der Waals surface area contributed by atoms with Crippen molar-refractivity contribution in [1.29, 1.82) is 0 Å². The van der Waals surface area contributed by atoms with Crippen LogP contribution in [0, 0.1) is 12.8 Å². The van der Waals surface area contributed by atoms with Gasteiger partial charge in [0.25, 0.3) is 0 Å². The van der Waals surface area contributed by atoms with E-state index >= 15 is 0 Å². The monoisotopic (exact) mass is 314 g/mol.